The average Bonchev–Trinajstić information content (AvgIpc) is 3.03. The Kier molecular flexibility index (Phi) is 9.59. The lowest BCUT2D eigenvalue weighted by Crippen LogP contribution is -2.56. The van der Waals surface area contributed by atoms with E-state index in [4.69, 9.17) is 5.73 Å². The molecule has 0 aromatic rings. The van der Waals surface area contributed by atoms with E-state index >= 15 is 0 Å². The summed E-state index contributed by atoms with van der Waals surface area (Å²) in [6.45, 7) is 9.51. The molecule has 0 bridgehead atoms. The Bertz CT molecular complexity index is 248. The molecule has 1 aliphatic rings. The lowest BCUT2D eigenvalue weighted by molar-refractivity contribution is 0.0953. The molecule has 1 rings (SSSR count). The molecule has 0 saturated carbocycles. The molecule has 0 spiro atoms. The van der Waals surface area contributed by atoms with E-state index in [2.05, 4.69) is 25.7 Å². The van der Waals surface area contributed by atoms with Gasteiger partial charge in [-0.05, 0) is 45.7 Å². The maximum absolute atomic E-state index is 6.58. The summed E-state index contributed by atoms with van der Waals surface area (Å²) in [7, 11) is 0. The van der Waals surface area contributed by atoms with Crippen LogP contribution in [0.1, 0.15) is 97.8 Å². The molecule has 0 amide bonds. The normalized spacial score (nSPS) is 20.6. The van der Waals surface area contributed by atoms with E-state index in [1.807, 2.05) is 0 Å². The first-order valence-corrected chi connectivity index (χ1v) is 9.65. The van der Waals surface area contributed by atoms with Crippen LogP contribution >= 0.6 is 0 Å². The van der Waals surface area contributed by atoms with Crippen LogP contribution in [0, 0.1) is 0 Å². The summed E-state index contributed by atoms with van der Waals surface area (Å²) in [5, 5.41) is 0. The van der Waals surface area contributed by atoms with Crippen molar-refractivity contribution in [1.82, 2.24) is 4.90 Å². The first kappa shape index (κ1) is 19.0. The van der Waals surface area contributed by atoms with E-state index in [1.165, 1.54) is 90.1 Å². The molecule has 2 unspecified atom stereocenters. The molecule has 21 heavy (non-hydrogen) atoms. The highest BCUT2D eigenvalue weighted by Gasteiger charge is 2.36. The van der Waals surface area contributed by atoms with Gasteiger partial charge in [0.25, 0.3) is 0 Å². The van der Waals surface area contributed by atoms with Gasteiger partial charge in [0.15, 0.2) is 0 Å². The van der Waals surface area contributed by atoms with E-state index in [-0.39, 0.29) is 5.54 Å². The number of likely N-dealkylation sites (tertiary alicyclic amines) is 1. The molecule has 2 N–H and O–H groups in total. The second kappa shape index (κ2) is 10.6. The number of hydrogen-bond donors (Lipinski definition) is 1. The van der Waals surface area contributed by atoms with Crippen molar-refractivity contribution < 1.29 is 0 Å². The van der Waals surface area contributed by atoms with Gasteiger partial charge >= 0.3 is 0 Å². The number of nitrogens with two attached hydrogens (primary N) is 1. The van der Waals surface area contributed by atoms with Crippen molar-refractivity contribution in [3.05, 3.63) is 0 Å². The highest BCUT2D eigenvalue weighted by Crippen LogP contribution is 2.29. The first-order chi connectivity index (χ1) is 10.1. The molecule has 1 fully saturated rings. The zero-order valence-electron chi connectivity index (χ0n) is 15.0. The second-order valence-corrected chi connectivity index (χ2v) is 7.27. The van der Waals surface area contributed by atoms with Gasteiger partial charge in [0.05, 0.1) is 0 Å². The van der Waals surface area contributed by atoms with Crippen LogP contribution < -0.4 is 5.73 Å². The van der Waals surface area contributed by atoms with Crippen LogP contribution in [0.25, 0.3) is 0 Å². The van der Waals surface area contributed by atoms with E-state index in [9.17, 15) is 0 Å². The standard InChI is InChI=1S/C19H40N2/c1-4-6-7-8-9-10-11-12-15-18(20)19(3,5-2)21-16-13-14-17-21/h18H,4-17,20H2,1-3H3. The number of rotatable bonds is 12. The quantitative estimate of drug-likeness (QED) is 0.507. The fourth-order valence-electron chi connectivity index (χ4n) is 3.76. The molecule has 1 aliphatic heterocycles. The fraction of sp³-hybridized carbons (Fsp3) is 1.00. The van der Waals surface area contributed by atoms with Crippen LogP contribution in [0.4, 0.5) is 0 Å². The molecule has 2 nitrogen and oxygen atoms in total. The molecular formula is C19H40N2. The van der Waals surface area contributed by atoms with Gasteiger partial charge in [0.2, 0.25) is 0 Å². The third-order valence-corrected chi connectivity index (χ3v) is 5.71. The van der Waals surface area contributed by atoms with Crippen molar-refractivity contribution in [3.63, 3.8) is 0 Å². The molecule has 0 aromatic carbocycles. The number of nitrogens with zero attached hydrogens (tertiary/aromatic N) is 1. The highest BCUT2D eigenvalue weighted by molar-refractivity contribution is 4.96. The molecule has 2 heteroatoms. The minimum Gasteiger partial charge on any atom is -0.326 e. The summed E-state index contributed by atoms with van der Waals surface area (Å²) in [6, 6.07) is 0.348. The van der Waals surface area contributed by atoms with Gasteiger partial charge < -0.3 is 5.73 Å². The number of unbranched alkanes of at least 4 members (excludes halogenated alkanes) is 7. The predicted octanol–water partition coefficient (Wildman–Crippen LogP) is 5.11. The molecular weight excluding hydrogens is 256 g/mol. The molecule has 0 radical (unpaired) electrons. The smallest absolute Gasteiger partial charge is 0.0329 e. The fourth-order valence-corrected chi connectivity index (χ4v) is 3.76. The molecule has 1 saturated heterocycles. The van der Waals surface area contributed by atoms with Crippen molar-refractivity contribution >= 4 is 0 Å². The minimum atomic E-state index is 0.234. The summed E-state index contributed by atoms with van der Waals surface area (Å²) in [5.74, 6) is 0. The van der Waals surface area contributed by atoms with Gasteiger partial charge in [-0.15, -0.1) is 0 Å². The Hall–Kier alpha value is -0.0800. The van der Waals surface area contributed by atoms with Crippen molar-refractivity contribution in [2.45, 2.75) is 109 Å². The Morgan fingerprint density at radius 3 is 1.95 bits per heavy atom. The largest absolute Gasteiger partial charge is 0.326 e. The molecule has 1 heterocycles. The minimum absolute atomic E-state index is 0.234. The lowest BCUT2D eigenvalue weighted by atomic mass is 9.85. The Balaban J connectivity index is 2.15. The van der Waals surface area contributed by atoms with Crippen LogP contribution in [0.15, 0.2) is 0 Å². The zero-order valence-corrected chi connectivity index (χ0v) is 15.0. The summed E-state index contributed by atoms with van der Waals surface area (Å²) < 4.78 is 0. The van der Waals surface area contributed by atoms with Gasteiger partial charge in [-0.2, -0.15) is 0 Å². The third kappa shape index (κ3) is 6.28. The molecule has 0 aromatic heterocycles. The summed E-state index contributed by atoms with van der Waals surface area (Å²) in [6.07, 6.45) is 16.3. The third-order valence-electron chi connectivity index (χ3n) is 5.71. The Morgan fingerprint density at radius 1 is 0.905 bits per heavy atom. The molecule has 0 aliphatic carbocycles. The van der Waals surface area contributed by atoms with Crippen molar-refractivity contribution in [2.24, 2.45) is 5.73 Å². The van der Waals surface area contributed by atoms with Crippen LogP contribution in [0.2, 0.25) is 0 Å². The van der Waals surface area contributed by atoms with Gasteiger partial charge in [0, 0.05) is 11.6 Å². The van der Waals surface area contributed by atoms with Crippen LogP contribution in [0.5, 0.6) is 0 Å². The Morgan fingerprint density at radius 2 is 1.43 bits per heavy atom. The summed E-state index contributed by atoms with van der Waals surface area (Å²) in [4.78, 5) is 2.66. The maximum atomic E-state index is 6.58. The van der Waals surface area contributed by atoms with Crippen LogP contribution in [0.3, 0.4) is 0 Å². The predicted molar refractivity (Wildman–Crippen MR) is 94.7 cm³/mol. The summed E-state index contributed by atoms with van der Waals surface area (Å²) in [5.41, 5.74) is 6.82. The van der Waals surface area contributed by atoms with Gasteiger partial charge in [-0.3, -0.25) is 4.90 Å². The molecule has 2 atom stereocenters. The van der Waals surface area contributed by atoms with Gasteiger partial charge in [-0.25, -0.2) is 0 Å². The van der Waals surface area contributed by atoms with Crippen LogP contribution in [-0.4, -0.2) is 29.6 Å². The molecule has 126 valence electrons. The van der Waals surface area contributed by atoms with E-state index < -0.39 is 0 Å². The van der Waals surface area contributed by atoms with E-state index in [1.54, 1.807) is 0 Å². The second-order valence-electron chi connectivity index (χ2n) is 7.27. The van der Waals surface area contributed by atoms with Crippen molar-refractivity contribution in [1.29, 1.82) is 0 Å². The highest BCUT2D eigenvalue weighted by atomic mass is 15.2. The number of hydrogen-bond acceptors (Lipinski definition) is 2. The van der Waals surface area contributed by atoms with E-state index in [0.717, 1.165) is 0 Å². The zero-order chi connectivity index (χ0) is 15.6. The Labute approximate surface area is 133 Å². The average molecular weight is 297 g/mol. The topological polar surface area (TPSA) is 29.3 Å². The monoisotopic (exact) mass is 296 g/mol. The first-order valence-electron chi connectivity index (χ1n) is 9.65. The summed E-state index contributed by atoms with van der Waals surface area (Å²) >= 11 is 0. The SMILES string of the molecule is CCCCCCCCCCC(N)C(C)(CC)N1CCCC1. The maximum Gasteiger partial charge on any atom is 0.0329 e. The van der Waals surface area contributed by atoms with Crippen molar-refractivity contribution in [3.8, 4) is 0 Å². The van der Waals surface area contributed by atoms with E-state index in [0.29, 0.717) is 6.04 Å². The van der Waals surface area contributed by atoms with Crippen LogP contribution in [-0.2, 0) is 0 Å². The van der Waals surface area contributed by atoms with Gasteiger partial charge in [0.1, 0.15) is 0 Å². The van der Waals surface area contributed by atoms with Gasteiger partial charge in [-0.1, -0.05) is 65.2 Å². The lowest BCUT2D eigenvalue weighted by Gasteiger charge is -2.43. The van der Waals surface area contributed by atoms with Crippen molar-refractivity contribution in [2.75, 3.05) is 13.1 Å².